The van der Waals surface area contributed by atoms with Crippen molar-refractivity contribution in [3.63, 3.8) is 0 Å². The number of allylic oxidation sites excluding steroid dienone is 5. The summed E-state index contributed by atoms with van der Waals surface area (Å²) in [6.07, 6.45) is 6.77. The second-order valence-corrected chi connectivity index (χ2v) is 5.57. The molecule has 0 aromatic rings. The van der Waals surface area contributed by atoms with Crippen LogP contribution >= 0.6 is 0 Å². The van der Waals surface area contributed by atoms with Crippen LogP contribution in [-0.2, 0) is 14.3 Å². The zero-order valence-corrected chi connectivity index (χ0v) is 13.5. The molecule has 1 heterocycles. The molecule has 0 saturated carbocycles. The van der Waals surface area contributed by atoms with Crippen LogP contribution in [0.4, 0.5) is 0 Å². The summed E-state index contributed by atoms with van der Waals surface area (Å²) in [6.45, 7) is 0.772. The van der Waals surface area contributed by atoms with Crippen LogP contribution in [0.15, 0.2) is 36.1 Å². The quantitative estimate of drug-likeness (QED) is 0.769. The van der Waals surface area contributed by atoms with E-state index in [9.17, 15) is 14.7 Å². The number of carbonyl (C=O) groups excluding carboxylic acids is 2. The van der Waals surface area contributed by atoms with Crippen LogP contribution in [0.1, 0.15) is 12.8 Å². The molecule has 2 amide bonds. The third-order valence-electron chi connectivity index (χ3n) is 3.88. The van der Waals surface area contributed by atoms with Gasteiger partial charge in [0.15, 0.2) is 6.10 Å². The van der Waals surface area contributed by atoms with Gasteiger partial charge < -0.3 is 20.1 Å². The molecule has 1 fully saturated rings. The van der Waals surface area contributed by atoms with Crippen molar-refractivity contribution >= 4 is 11.8 Å². The van der Waals surface area contributed by atoms with Gasteiger partial charge in [0.05, 0.1) is 24.5 Å². The average molecular weight is 331 g/mol. The van der Waals surface area contributed by atoms with Gasteiger partial charge in [-0.3, -0.25) is 9.59 Å². The van der Waals surface area contributed by atoms with Crippen LogP contribution in [0.3, 0.4) is 0 Å². The Morgan fingerprint density at radius 2 is 2.38 bits per heavy atom. The van der Waals surface area contributed by atoms with E-state index in [4.69, 9.17) is 10.00 Å². The summed E-state index contributed by atoms with van der Waals surface area (Å²) < 4.78 is 5.47. The minimum atomic E-state index is -1.21. The highest BCUT2D eigenvalue weighted by Gasteiger charge is 2.35. The van der Waals surface area contributed by atoms with Crippen molar-refractivity contribution < 1.29 is 19.4 Å². The summed E-state index contributed by atoms with van der Waals surface area (Å²) in [6, 6.07) is 2.13. The number of hydrogen-bond acceptors (Lipinski definition) is 5. The lowest BCUT2D eigenvalue weighted by molar-refractivity contribution is -0.147. The lowest BCUT2D eigenvalue weighted by Gasteiger charge is -2.26. The Labute approximate surface area is 140 Å². The molecule has 2 N–H and O–H groups in total. The summed E-state index contributed by atoms with van der Waals surface area (Å²) in [5.41, 5.74) is 0.636. The number of rotatable bonds is 4. The third-order valence-corrected chi connectivity index (χ3v) is 3.88. The molecule has 128 valence electrons. The fourth-order valence-electron chi connectivity index (χ4n) is 2.56. The number of amides is 2. The van der Waals surface area contributed by atoms with E-state index in [1.165, 1.54) is 11.9 Å². The smallest absolute Gasteiger partial charge is 0.258 e. The lowest BCUT2D eigenvalue weighted by Crippen LogP contribution is -2.45. The van der Waals surface area contributed by atoms with Gasteiger partial charge in [-0.1, -0.05) is 18.2 Å². The number of hydrogen-bond donors (Lipinski definition) is 2. The van der Waals surface area contributed by atoms with Gasteiger partial charge in [-0.05, 0) is 18.6 Å². The maximum atomic E-state index is 12.8. The number of aliphatic hydroxyl groups is 1. The highest BCUT2D eigenvalue weighted by Crippen LogP contribution is 2.20. The first-order chi connectivity index (χ1) is 11.6. The highest BCUT2D eigenvalue weighted by molar-refractivity contribution is 5.85. The molecule has 0 radical (unpaired) electrons. The minimum Gasteiger partial charge on any atom is -0.389 e. The first kappa shape index (κ1) is 17.9. The van der Waals surface area contributed by atoms with Gasteiger partial charge >= 0.3 is 0 Å². The molecule has 0 bridgehead atoms. The van der Waals surface area contributed by atoms with Crippen molar-refractivity contribution in [3.8, 4) is 6.07 Å². The second-order valence-electron chi connectivity index (χ2n) is 5.57. The maximum Gasteiger partial charge on any atom is 0.258 e. The van der Waals surface area contributed by atoms with Gasteiger partial charge in [0.2, 0.25) is 5.91 Å². The second kappa shape index (κ2) is 8.43. The van der Waals surface area contributed by atoms with E-state index in [1.807, 2.05) is 0 Å². The van der Waals surface area contributed by atoms with E-state index in [1.54, 1.807) is 30.4 Å². The highest BCUT2D eigenvalue weighted by atomic mass is 16.5. The molecule has 2 aliphatic rings. The lowest BCUT2D eigenvalue weighted by atomic mass is 10.1. The van der Waals surface area contributed by atoms with Crippen LogP contribution in [0.5, 0.6) is 0 Å². The molecule has 3 unspecified atom stereocenters. The standard InChI is InChI=1S/C17H21N3O4/c1-19-15(22)10-14(21)16-17(23)20(8-3-9-24-16)13-5-2-4-12(11-18)6-7-13/h2,4-7,12,14,16,21H,3,8-10H2,1H3,(H,19,22). The van der Waals surface area contributed by atoms with E-state index in [0.717, 1.165) is 0 Å². The molecule has 3 atom stereocenters. The van der Waals surface area contributed by atoms with E-state index in [2.05, 4.69) is 11.4 Å². The molecule has 0 spiro atoms. The van der Waals surface area contributed by atoms with Gasteiger partial charge in [-0.2, -0.15) is 5.26 Å². The van der Waals surface area contributed by atoms with Crippen LogP contribution in [0.2, 0.25) is 0 Å². The minimum absolute atomic E-state index is 0.202. The zero-order valence-electron chi connectivity index (χ0n) is 13.5. The monoisotopic (exact) mass is 331 g/mol. The Bertz CT molecular complexity index is 618. The largest absolute Gasteiger partial charge is 0.389 e. The van der Waals surface area contributed by atoms with E-state index < -0.39 is 12.2 Å². The van der Waals surface area contributed by atoms with Gasteiger partial charge in [0, 0.05) is 25.9 Å². The summed E-state index contributed by atoms with van der Waals surface area (Å²) >= 11 is 0. The average Bonchev–Trinajstić information content (AvgIpc) is 2.92. The predicted molar refractivity (Wildman–Crippen MR) is 86.2 cm³/mol. The molecule has 7 nitrogen and oxygen atoms in total. The molecule has 1 saturated heterocycles. The zero-order chi connectivity index (χ0) is 17.5. The van der Waals surface area contributed by atoms with E-state index in [0.29, 0.717) is 25.3 Å². The summed E-state index contributed by atoms with van der Waals surface area (Å²) in [5, 5.41) is 21.6. The van der Waals surface area contributed by atoms with Gasteiger partial charge in [0.1, 0.15) is 0 Å². The fraction of sp³-hybridized carbons (Fsp3) is 0.471. The number of carbonyl (C=O) groups is 2. The SMILES string of the molecule is CNC(=O)CC(O)C1OCCCN(C2=CC=CC(C#N)C=C2)C1=O. The first-order valence-electron chi connectivity index (χ1n) is 7.84. The van der Waals surface area contributed by atoms with Gasteiger partial charge in [0.25, 0.3) is 5.91 Å². The Kier molecular flexibility index (Phi) is 6.29. The Balaban J connectivity index is 2.17. The molecule has 7 heteroatoms. The summed E-state index contributed by atoms with van der Waals surface area (Å²) in [5.74, 6) is -1.08. The van der Waals surface area contributed by atoms with Crippen molar-refractivity contribution in [2.45, 2.75) is 25.0 Å². The number of nitriles is 1. The van der Waals surface area contributed by atoms with Crippen LogP contribution in [-0.4, -0.2) is 54.2 Å². The molecular weight excluding hydrogens is 310 g/mol. The van der Waals surface area contributed by atoms with Crippen molar-refractivity contribution in [1.82, 2.24) is 10.2 Å². The number of aliphatic hydroxyl groups excluding tert-OH is 1. The van der Waals surface area contributed by atoms with Crippen LogP contribution < -0.4 is 5.32 Å². The normalized spacial score (nSPS) is 25.3. The third kappa shape index (κ3) is 4.31. The van der Waals surface area contributed by atoms with Crippen LogP contribution in [0, 0.1) is 17.2 Å². The molecule has 0 aromatic carbocycles. The molecule has 1 aliphatic carbocycles. The molecule has 0 aromatic heterocycles. The predicted octanol–water partition coefficient (Wildman–Crippen LogP) is 0.251. The van der Waals surface area contributed by atoms with Crippen molar-refractivity contribution in [2.24, 2.45) is 5.92 Å². The topological polar surface area (TPSA) is 103 Å². The number of nitrogens with zero attached hydrogens (tertiary/aromatic N) is 2. The van der Waals surface area contributed by atoms with Crippen molar-refractivity contribution in [2.75, 3.05) is 20.2 Å². The first-order valence-corrected chi connectivity index (χ1v) is 7.84. The fourth-order valence-corrected chi connectivity index (χ4v) is 2.56. The number of ether oxygens (including phenoxy) is 1. The van der Waals surface area contributed by atoms with Gasteiger partial charge in [-0.25, -0.2) is 0 Å². The Morgan fingerprint density at radius 1 is 1.58 bits per heavy atom. The number of nitrogens with one attached hydrogen (secondary N) is 1. The molecule has 2 rings (SSSR count). The summed E-state index contributed by atoms with van der Waals surface area (Å²) in [7, 11) is 1.47. The maximum absolute atomic E-state index is 12.8. The van der Waals surface area contributed by atoms with E-state index in [-0.39, 0.29) is 24.2 Å². The van der Waals surface area contributed by atoms with E-state index >= 15 is 0 Å². The molecule has 24 heavy (non-hydrogen) atoms. The molecular formula is C17H21N3O4. The molecule has 1 aliphatic heterocycles. The summed E-state index contributed by atoms with van der Waals surface area (Å²) in [4.78, 5) is 25.7. The Hall–Kier alpha value is -2.43. The van der Waals surface area contributed by atoms with Crippen LogP contribution in [0.25, 0.3) is 0 Å². The van der Waals surface area contributed by atoms with Crippen molar-refractivity contribution in [3.05, 3.63) is 36.1 Å². The van der Waals surface area contributed by atoms with Gasteiger partial charge in [-0.15, -0.1) is 0 Å². The Morgan fingerprint density at radius 3 is 3.08 bits per heavy atom. The van der Waals surface area contributed by atoms with Crippen molar-refractivity contribution in [1.29, 1.82) is 5.26 Å².